The fourth-order valence-corrected chi connectivity index (χ4v) is 6.86. The van der Waals surface area contributed by atoms with Crippen molar-refractivity contribution in [3.05, 3.63) is 0 Å². The van der Waals surface area contributed by atoms with Gasteiger partial charge in [-0.15, -0.1) is 0 Å². The molecule has 0 aliphatic heterocycles. The third kappa shape index (κ3) is 23.6. The van der Waals surface area contributed by atoms with Gasteiger partial charge in [0.1, 0.15) is 0 Å². The van der Waals surface area contributed by atoms with E-state index in [1.54, 1.807) is 0 Å². The molecule has 0 amide bonds. The van der Waals surface area contributed by atoms with Crippen LogP contribution >= 0.6 is 90.4 Å². The van der Waals surface area contributed by atoms with Gasteiger partial charge in [-0.3, -0.25) is 0 Å². The van der Waals surface area contributed by atoms with Crippen molar-refractivity contribution in [1.82, 2.24) is 0 Å². The van der Waals surface area contributed by atoms with Gasteiger partial charge in [-0.1, -0.05) is 174 Å². The standard InChI is InChI=1S/C24H46I4/c1-2-3-8-15-22(26)17-10-6-12-19-24(28)20-13-7-11-18-23(27)16-9-4-5-14-21-25/h22-24H,2-21H2,1H3. The van der Waals surface area contributed by atoms with Crippen molar-refractivity contribution >= 4 is 90.4 Å². The Kier molecular flexibility index (Phi) is 27.1. The van der Waals surface area contributed by atoms with E-state index in [4.69, 9.17) is 0 Å². The Balaban J connectivity index is 3.35. The minimum Gasteiger partial charge on any atom is -0.0864 e. The van der Waals surface area contributed by atoms with Gasteiger partial charge < -0.3 is 0 Å². The second-order valence-corrected chi connectivity index (χ2v) is 14.8. The van der Waals surface area contributed by atoms with Gasteiger partial charge in [0.2, 0.25) is 0 Å². The molecule has 0 radical (unpaired) electrons. The van der Waals surface area contributed by atoms with Crippen LogP contribution in [0.2, 0.25) is 0 Å². The zero-order chi connectivity index (χ0) is 20.9. The summed E-state index contributed by atoms with van der Waals surface area (Å²) in [7, 11) is 0. The van der Waals surface area contributed by atoms with Crippen molar-refractivity contribution in [3.8, 4) is 0 Å². The molecule has 4 heteroatoms. The number of hydrogen-bond donors (Lipinski definition) is 0. The number of halogens is 4. The largest absolute Gasteiger partial charge is 0.0864 e. The highest BCUT2D eigenvalue weighted by molar-refractivity contribution is 14.1. The lowest BCUT2D eigenvalue weighted by Gasteiger charge is -2.12. The molecule has 3 unspecified atom stereocenters. The van der Waals surface area contributed by atoms with Gasteiger partial charge in [0.15, 0.2) is 0 Å². The topological polar surface area (TPSA) is 0 Å². The Hall–Kier alpha value is 2.92. The van der Waals surface area contributed by atoms with E-state index in [9.17, 15) is 0 Å². The van der Waals surface area contributed by atoms with Crippen molar-refractivity contribution in [2.24, 2.45) is 0 Å². The van der Waals surface area contributed by atoms with Crippen molar-refractivity contribution in [1.29, 1.82) is 0 Å². The molecule has 0 bridgehead atoms. The number of rotatable bonds is 22. The summed E-state index contributed by atoms with van der Waals surface area (Å²) in [5.74, 6) is 0. The van der Waals surface area contributed by atoms with Crippen molar-refractivity contribution in [2.75, 3.05) is 4.43 Å². The van der Waals surface area contributed by atoms with Crippen LogP contribution in [0.4, 0.5) is 0 Å². The van der Waals surface area contributed by atoms with Crippen molar-refractivity contribution in [2.45, 2.75) is 141 Å². The zero-order valence-electron chi connectivity index (χ0n) is 18.4. The van der Waals surface area contributed by atoms with Crippen LogP contribution in [0, 0.1) is 0 Å². The number of hydrogen-bond acceptors (Lipinski definition) is 0. The maximum Gasteiger partial charge on any atom is 0.0110 e. The van der Waals surface area contributed by atoms with E-state index < -0.39 is 0 Å². The van der Waals surface area contributed by atoms with Crippen LogP contribution in [-0.2, 0) is 0 Å². The molecule has 0 aliphatic carbocycles. The average molecular weight is 842 g/mol. The van der Waals surface area contributed by atoms with Crippen molar-refractivity contribution in [3.63, 3.8) is 0 Å². The monoisotopic (exact) mass is 842 g/mol. The minimum absolute atomic E-state index is 0.922. The molecule has 0 N–H and O–H groups in total. The fraction of sp³-hybridized carbons (Fsp3) is 1.00. The Morgan fingerprint density at radius 2 is 0.714 bits per heavy atom. The minimum atomic E-state index is 0.922. The summed E-state index contributed by atoms with van der Waals surface area (Å²) >= 11 is 10.6. The number of alkyl halides is 4. The molecule has 0 aromatic heterocycles. The Bertz CT molecular complexity index is 298. The van der Waals surface area contributed by atoms with Crippen LogP contribution in [0.3, 0.4) is 0 Å². The summed E-state index contributed by atoms with van der Waals surface area (Å²) in [6.07, 6.45) is 27.5. The molecule has 0 spiro atoms. The summed E-state index contributed by atoms with van der Waals surface area (Å²) in [4.78, 5) is 0. The summed E-state index contributed by atoms with van der Waals surface area (Å²) in [6.45, 7) is 2.30. The third-order valence-corrected chi connectivity index (χ3v) is 10.1. The highest BCUT2D eigenvalue weighted by Crippen LogP contribution is 2.23. The summed E-state index contributed by atoms with van der Waals surface area (Å²) in [5.41, 5.74) is 0. The second kappa shape index (κ2) is 24.6. The van der Waals surface area contributed by atoms with Crippen LogP contribution < -0.4 is 0 Å². The molecule has 0 aliphatic rings. The van der Waals surface area contributed by atoms with E-state index >= 15 is 0 Å². The van der Waals surface area contributed by atoms with Gasteiger partial charge in [-0.25, -0.2) is 0 Å². The van der Waals surface area contributed by atoms with Crippen LogP contribution in [0.1, 0.15) is 129 Å². The molecular weight excluding hydrogens is 796 g/mol. The van der Waals surface area contributed by atoms with Gasteiger partial charge in [-0.2, -0.15) is 0 Å². The molecule has 0 aromatic rings. The van der Waals surface area contributed by atoms with Gasteiger partial charge in [0.05, 0.1) is 0 Å². The molecular formula is C24H46I4. The van der Waals surface area contributed by atoms with E-state index in [0.29, 0.717) is 0 Å². The summed E-state index contributed by atoms with van der Waals surface area (Å²) in [6, 6.07) is 0. The maximum absolute atomic E-state index is 2.72. The summed E-state index contributed by atoms with van der Waals surface area (Å²) in [5, 5.41) is 0. The molecule has 0 saturated carbocycles. The van der Waals surface area contributed by atoms with E-state index in [1.807, 2.05) is 0 Å². The van der Waals surface area contributed by atoms with E-state index in [0.717, 1.165) is 11.8 Å². The molecule has 0 fully saturated rings. The lowest BCUT2D eigenvalue weighted by atomic mass is 10.0. The first-order valence-corrected chi connectivity index (χ1v) is 17.3. The van der Waals surface area contributed by atoms with Crippen LogP contribution in [0.5, 0.6) is 0 Å². The molecule has 0 aromatic carbocycles. The molecule has 0 nitrogen and oxygen atoms in total. The van der Waals surface area contributed by atoms with Crippen molar-refractivity contribution < 1.29 is 0 Å². The van der Waals surface area contributed by atoms with E-state index in [-0.39, 0.29) is 0 Å². The van der Waals surface area contributed by atoms with Gasteiger partial charge in [-0.05, 0) is 49.4 Å². The van der Waals surface area contributed by atoms with Gasteiger partial charge in [0, 0.05) is 11.8 Å². The highest BCUT2D eigenvalue weighted by Gasteiger charge is 2.07. The summed E-state index contributed by atoms with van der Waals surface area (Å²) < 4.78 is 4.11. The Morgan fingerprint density at radius 3 is 1.04 bits per heavy atom. The fourth-order valence-electron chi connectivity index (χ4n) is 3.68. The number of unbranched alkanes of at least 4 members (excludes halogenated alkanes) is 9. The molecule has 0 saturated heterocycles. The first-order chi connectivity index (χ1) is 13.6. The first-order valence-electron chi connectivity index (χ1n) is 12.1. The molecule has 0 heterocycles. The van der Waals surface area contributed by atoms with Gasteiger partial charge >= 0.3 is 0 Å². The van der Waals surface area contributed by atoms with E-state index in [1.165, 1.54) is 126 Å². The molecule has 28 heavy (non-hydrogen) atoms. The maximum atomic E-state index is 2.72. The molecule has 0 rings (SSSR count). The Labute approximate surface area is 232 Å². The SMILES string of the molecule is CCCCCC(I)CCCCCC(I)CCCCCC(I)CCCCCCI. The predicted octanol–water partition coefficient (Wildman–Crippen LogP) is 11.3. The average Bonchev–Trinajstić information content (AvgIpc) is 2.67. The smallest absolute Gasteiger partial charge is 0.0110 e. The lowest BCUT2D eigenvalue weighted by Crippen LogP contribution is -2.01. The molecule has 170 valence electrons. The van der Waals surface area contributed by atoms with Crippen LogP contribution in [-0.4, -0.2) is 16.2 Å². The lowest BCUT2D eigenvalue weighted by molar-refractivity contribution is 0.543. The highest BCUT2D eigenvalue weighted by atomic mass is 127. The normalized spacial score (nSPS) is 14.9. The first kappa shape index (κ1) is 30.9. The third-order valence-electron chi connectivity index (χ3n) is 5.59. The Morgan fingerprint density at radius 1 is 0.429 bits per heavy atom. The second-order valence-electron chi connectivity index (χ2n) is 8.46. The van der Waals surface area contributed by atoms with Crippen LogP contribution in [0.25, 0.3) is 0 Å². The predicted molar refractivity (Wildman–Crippen MR) is 166 cm³/mol. The molecule has 3 atom stereocenters. The van der Waals surface area contributed by atoms with Crippen LogP contribution in [0.15, 0.2) is 0 Å². The van der Waals surface area contributed by atoms with Gasteiger partial charge in [0.25, 0.3) is 0 Å². The quantitative estimate of drug-likeness (QED) is 0.0579. The van der Waals surface area contributed by atoms with E-state index in [2.05, 4.69) is 97.3 Å². The zero-order valence-corrected chi connectivity index (χ0v) is 27.0.